The molecule has 0 amide bonds. The average molecular weight is 545 g/mol. The number of H-pyrrole nitrogens is 1. The fourth-order valence-electron chi connectivity index (χ4n) is 5.71. The number of piperidine rings is 1. The van der Waals surface area contributed by atoms with Gasteiger partial charge in [0.1, 0.15) is 5.69 Å². The van der Waals surface area contributed by atoms with Crippen molar-refractivity contribution in [3.63, 3.8) is 0 Å². The smallest absolute Gasteiger partial charge is 0.159 e. The van der Waals surface area contributed by atoms with Crippen molar-refractivity contribution >= 4 is 27.5 Å². The van der Waals surface area contributed by atoms with Crippen molar-refractivity contribution in [2.24, 2.45) is 12.8 Å². The van der Waals surface area contributed by atoms with E-state index in [1.807, 2.05) is 30.1 Å². The van der Waals surface area contributed by atoms with Crippen molar-refractivity contribution in [1.82, 2.24) is 34.6 Å². The molecule has 8 heteroatoms. The van der Waals surface area contributed by atoms with E-state index in [0.29, 0.717) is 5.82 Å². The zero-order valence-corrected chi connectivity index (χ0v) is 23.9. The van der Waals surface area contributed by atoms with Gasteiger partial charge in [0.2, 0.25) is 0 Å². The van der Waals surface area contributed by atoms with Gasteiger partial charge in [0.25, 0.3) is 0 Å². The van der Waals surface area contributed by atoms with Crippen LogP contribution in [0.2, 0.25) is 0 Å². The quantitative estimate of drug-likeness (QED) is 0.235. The van der Waals surface area contributed by atoms with E-state index in [9.17, 15) is 0 Å². The molecule has 8 nitrogen and oxygen atoms in total. The lowest BCUT2D eigenvalue weighted by atomic mass is 10.00. The minimum absolute atomic E-state index is 0.704. The number of allylic oxidation sites excluding steroid dienone is 3. The van der Waals surface area contributed by atoms with Gasteiger partial charge in [-0.15, -0.1) is 0 Å². The van der Waals surface area contributed by atoms with Crippen LogP contribution in [0.5, 0.6) is 0 Å². The van der Waals surface area contributed by atoms with Crippen LogP contribution in [-0.4, -0.2) is 54.3 Å². The molecule has 6 rings (SSSR count). The van der Waals surface area contributed by atoms with Crippen LogP contribution in [0, 0.1) is 0 Å². The predicted molar refractivity (Wildman–Crippen MR) is 167 cm³/mol. The molecule has 1 aromatic carbocycles. The van der Waals surface area contributed by atoms with Crippen molar-refractivity contribution in [2.75, 3.05) is 19.6 Å². The summed E-state index contributed by atoms with van der Waals surface area (Å²) in [5.41, 5.74) is 16.3. The van der Waals surface area contributed by atoms with Crippen molar-refractivity contribution in [2.45, 2.75) is 33.1 Å². The second-order valence-corrected chi connectivity index (χ2v) is 11.0. The molecule has 0 atom stereocenters. The van der Waals surface area contributed by atoms with Crippen LogP contribution in [0.3, 0.4) is 0 Å². The highest BCUT2D eigenvalue weighted by atomic mass is 15.3. The summed E-state index contributed by atoms with van der Waals surface area (Å²) in [5, 5.41) is 5.88. The van der Waals surface area contributed by atoms with Gasteiger partial charge in [-0.3, -0.25) is 19.5 Å². The molecule has 0 aliphatic carbocycles. The zero-order chi connectivity index (χ0) is 28.3. The number of likely N-dealkylation sites (tertiary alicyclic amines) is 1. The van der Waals surface area contributed by atoms with Gasteiger partial charge < -0.3 is 10.7 Å². The molecule has 0 radical (unpaired) electrons. The van der Waals surface area contributed by atoms with Crippen LogP contribution in [0.25, 0.3) is 50.2 Å². The highest BCUT2D eigenvalue weighted by molar-refractivity contribution is 5.98. The topological polar surface area (TPSA) is 102 Å². The number of hydrogen-bond acceptors (Lipinski definition) is 6. The molecule has 1 fully saturated rings. The SMILES string of the molecule is CC(C)=C/C(=C\C(=C/N)c1ccc2c(c1)c(-c1nc3c(-c4ccncc4)cncc3[nH]1)nn2C)CN1CCCCC1. The molecule has 1 aliphatic rings. The number of pyridine rings is 2. The standard InChI is InChI=1S/C33H36N8/c1-22(2)15-23(21-41-13-5-4-6-14-41)16-26(18-34)25-7-8-30-27(17-25)32(39-40(30)3)33-37-29-20-36-19-28(31(29)38-33)24-9-11-35-12-10-24/h7-12,15-20H,4-6,13-14,21,34H2,1-3H3,(H,37,38)/b23-16+,26-18+. The van der Waals surface area contributed by atoms with Crippen molar-refractivity contribution in [3.05, 3.63) is 90.2 Å². The maximum absolute atomic E-state index is 6.25. The molecule has 0 spiro atoms. The predicted octanol–water partition coefficient (Wildman–Crippen LogP) is 6.25. The number of aryl methyl sites for hydroxylation is 1. The van der Waals surface area contributed by atoms with Crippen LogP contribution in [0.1, 0.15) is 38.7 Å². The monoisotopic (exact) mass is 544 g/mol. The van der Waals surface area contributed by atoms with Gasteiger partial charge >= 0.3 is 0 Å². The van der Waals surface area contributed by atoms with Gasteiger partial charge in [0.05, 0.1) is 22.7 Å². The van der Waals surface area contributed by atoms with Gasteiger partial charge in [-0.25, -0.2) is 4.98 Å². The largest absolute Gasteiger partial charge is 0.404 e. The number of nitrogens with two attached hydrogens (primary N) is 1. The van der Waals surface area contributed by atoms with Gasteiger partial charge in [0, 0.05) is 49.3 Å². The Kier molecular flexibility index (Phi) is 7.48. The van der Waals surface area contributed by atoms with E-state index in [1.165, 1.54) is 30.4 Å². The molecule has 0 saturated carbocycles. The van der Waals surface area contributed by atoms with Crippen LogP contribution in [-0.2, 0) is 7.05 Å². The molecular weight excluding hydrogens is 508 g/mol. The summed E-state index contributed by atoms with van der Waals surface area (Å²) in [6, 6.07) is 10.3. The highest BCUT2D eigenvalue weighted by Gasteiger charge is 2.18. The van der Waals surface area contributed by atoms with E-state index in [-0.39, 0.29) is 0 Å². The molecule has 1 saturated heterocycles. The van der Waals surface area contributed by atoms with Crippen molar-refractivity contribution < 1.29 is 0 Å². The maximum Gasteiger partial charge on any atom is 0.159 e. The lowest BCUT2D eigenvalue weighted by Gasteiger charge is -2.27. The third-order valence-corrected chi connectivity index (χ3v) is 7.64. The minimum atomic E-state index is 0.704. The van der Waals surface area contributed by atoms with E-state index in [2.05, 4.69) is 64.1 Å². The van der Waals surface area contributed by atoms with Crippen molar-refractivity contribution in [3.8, 4) is 22.6 Å². The third-order valence-electron chi connectivity index (χ3n) is 7.64. The lowest BCUT2D eigenvalue weighted by molar-refractivity contribution is 0.248. The molecule has 3 N–H and O–H groups in total. The Morgan fingerprint density at radius 3 is 2.56 bits per heavy atom. The minimum Gasteiger partial charge on any atom is -0.404 e. The fraction of sp³-hybridized carbons (Fsp3) is 0.273. The van der Waals surface area contributed by atoms with Crippen LogP contribution < -0.4 is 5.73 Å². The lowest BCUT2D eigenvalue weighted by Crippen LogP contribution is -2.31. The summed E-state index contributed by atoms with van der Waals surface area (Å²) in [7, 11) is 1.96. The summed E-state index contributed by atoms with van der Waals surface area (Å²) in [4.78, 5) is 19.6. The number of rotatable bonds is 7. The molecule has 5 heterocycles. The number of hydrogen-bond donors (Lipinski definition) is 2. The molecule has 1 aliphatic heterocycles. The Hall–Kier alpha value is -4.56. The first-order chi connectivity index (χ1) is 20.0. The molecular formula is C33H36N8. The number of imidazole rings is 1. The van der Waals surface area contributed by atoms with E-state index < -0.39 is 0 Å². The van der Waals surface area contributed by atoms with Crippen molar-refractivity contribution in [1.29, 1.82) is 0 Å². The molecule has 41 heavy (non-hydrogen) atoms. The Balaban J connectivity index is 1.41. The number of nitrogens with zero attached hydrogens (tertiary/aromatic N) is 6. The van der Waals surface area contributed by atoms with Gasteiger partial charge in [-0.1, -0.05) is 24.1 Å². The van der Waals surface area contributed by atoms with E-state index in [1.54, 1.807) is 24.8 Å². The molecule has 0 bridgehead atoms. The second kappa shape index (κ2) is 11.5. The average Bonchev–Trinajstić information content (AvgIpc) is 3.57. The number of aromatic amines is 1. The van der Waals surface area contributed by atoms with Gasteiger partial charge in [-0.05, 0) is 92.4 Å². The summed E-state index contributed by atoms with van der Waals surface area (Å²) < 4.78 is 1.90. The summed E-state index contributed by atoms with van der Waals surface area (Å²) >= 11 is 0. The van der Waals surface area contributed by atoms with E-state index in [4.69, 9.17) is 15.8 Å². The molecule has 0 unspecified atom stereocenters. The number of fused-ring (bicyclic) bond motifs is 2. The first-order valence-electron chi connectivity index (χ1n) is 14.2. The highest BCUT2D eigenvalue weighted by Crippen LogP contribution is 2.33. The van der Waals surface area contributed by atoms with Gasteiger partial charge in [-0.2, -0.15) is 5.10 Å². The number of nitrogens with one attached hydrogen (secondary N) is 1. The summed E-state index contributed by atoms with van der Waals surface area (Å²) in [5.74, 6) is 0.704. The van der Waals surface area contributed by atoms with Crippen LogP contribution >= 0.6 is 0 Å². The van der Waals surface area contributed by atoms with Crippen LogP contribution in [0.15, 0.2) is 84.6 Å². The second-order valence-electron chi connectivity index (χ2n) is 11.0. The van der Waals surface area contributed by atoms with Gasteiger partial charge in [0.15, 0.2) is 5.82 Å². The number of benzene rings is 1. The maximum atomic E-state index is 6.25. The first kappa shape index (κ1) is 26.7. The Morgan fingerprint density at radius 2 is 1.80 bits per heavy atom. The molecule has 5 aromatic rings. The summed E-state index contributed by atoms with van der Waals surface area (Å²) in [6.07, 6.45) is 17.3. The zero-order valence-electron chi connectivity index (χ0n) is 23.9. The van der Waals surface area contributed by atoms with E-state index >= 15 is 0 Å². The Bertz CT molecular complexity index is 1780. The summed E-state index contributed by atoms with van der Waals surface area (Å²) in [6.45, 7) is 7.52. The first-order valence-corrected chi connectivity index (χ1v) is 14.2. The van der Waals surface area contributed by atoms with E-state index in [0.717, 1.165) is 69.5 Å². The fourth-order valence-corrected chi connectivity index (χ4v) is 5.71. The Labute approximate surface area is 240 Å². The van der Waals surface area contributed by atoms with Crippen LogP contribution in [0.4, 0.5) is 0 Å². The normalized spacial score (nSPS) is 15.1. The molecule has 208 valence electrons. The molecule has 4 aromatic heterocycles. The Morgan fingerprint density at radius 1 is 1.00 bits per heavy atom. The number of aromatic nitrogens is 6. The third kappa shape index (κ3) is 5.56.